The molecular formula is C18H32N2. The van der Waals surface area contributed by atoms with Crippen molar-refractivity contribution in [2.45, 2.75) is 66.3 Å². The highest BCUT2D eigenvalue weighted by Crippen LogP contribution is 2.27. The number of hydrazine groups is 1. The molecule has 2 heteroatoms. The molecule has 2 unspecified atom stereocenters. The Morgan fingerprint density at radius 3 is 2.10 bits per heavy atom. The van der Waals surface area contributed by atoms with Crippen LogP contribution < -0.4 is 11.3 Å². The van der Waals surface area contributed by atoms with Gasteiger partial charge in [-0.15, -0.1) is 0 Å². The summed E-state index contributed by atoms with van der Waals surface area (Å²) in [5, 5.41) is 0. The van der Waals surface area contributed by atoms with Gasteiger partial charge in [0.2, 0.25) is 0 Å². The van der Waals surface area contributed by atoms with E-state index >= 15 is 0 Å². The Hall–Kier alpha value is -0.860. The van der Waals surface area contributed by atoms with E-state index in [0.717, 1.165) is 19.3 Å². The molecule has 0 heterocycles. The van der Waals surface area contributed by atoms with Gasteiger partial charge in [0.25, 0.3) is 0 Å². The topological polar surface area (TPSA) is 38.0 Å². The van der Waals surface area contributed by atoms with Crippen molar-refractivity contribution < 1.29 is 0 Å². The van der Waals surface area contributed by atoms with Crippen LogP contribution in [0.1, 0.15) is 58.6 Å². The summed E-state index contributed by atoms with van der Waals surface area (Å²) in [6.45, 7) is 11.4. The molecule has 0 aromatic heterocycles. The van der Waals surface area contributed by atoms with Gasteiger partial charge in [0.05, 0.1) is 0 Å². The first-order chi connectivity index (χ1) is 9.34. The number of benzene rings is 1. The SMILES string of the molecule is CCc1ccc(CC(CC(C)CC(C)(C)C)NN)cc1. The lowest BCUT2D eigenvalue weighted by Gasteiger charge is -2.26. The molecule has 1 rings (SSSR count). The lowest BCUT2D eigenvalue weighted by molar-refractivity contribution is 0.274. The summed E-state index contributed by atoms with van der Waals surface area (Å²) in [6, 6.07) is 9.28. The van der Waals surface area contributed by atoms with Crippen LogP contribution in [-0.4, -0.2) is 6.04 Å². The Labute approximate surface area is 125 Å². The quantitative estimate of drug-likeness (QED) is 0.581. The van der Waals surface area contributed by atoms with Crippen molar-refractivity contribution in [3.63, 3.8) is 0 Å². The van der Waals surface area contributed by atoms with Crippen LogP contribution in [0.5, 0.6) is 0 Å². The molecule has 0 aliphatic rings. The Kier molecular flexibility index (Phi) is 6.70. The van der Waals surface area contributed by atoms with Crippen molar-refractivity contribution in [2.75, 3.05) is 0 Å². The molecule has 0 saturated carbocycles. The van der Waals surface area contributed by atoms with Crippen molar-refractivity contribution in [3.8, 4) is 0 Å². The molecular weight excluding hydrogens is 244 g/mol. The van der Waals surface area contributed by atoms with Gasteiger partial charge in [-0.3, -0.25) is 11.3 Å². The third-order valence-corrected chi connectivity index (χ3v) is 3.80. The van der Waals surface area contributed by atoms with Crippen molar-refractivity contribution in [1.29, 1.82) is 0 Å². The predicted octanol–water partition coefficient (Wildman–Crippen LogP) is 4.09. The molecule has 2 atom stereocenters. The Morgan fingerprint density at radius 1 is 1.10 bits per heavy atom. The van der Waals surface area contributed by atoms with Crippen LogP contribution in [0.15, 0.2) is 24.3 Å². The van der Waals surface area contributed by atoms with Gasteiger partial charge in [-0.2, -0.15) is 0 Å². The number of hydrogen-bond donors (Lipinski definition) is 2. The highest BCUT2D eigenvalue weighted by Gasteiger charge is 2.18. The minimum absolute atomic E-state index is 0.361. The van der Waals surface area contributed by atoms with Gasteiger partial charge in [-0.1, -0.05) is 58.9 Å². The first kappa shape index (κ1) is 17.2. The summed E-state index contributed by atoms with van der Waals surface area (Å²) in [6.07, 6.45) is 4.47. The summed E-state index contributed by atoms with van der Waals surface area (Å²) >= 11 is 0. The van der Waals surface area contributed by atoms with E-state index in [-0.39, 0.29) is 0 Å². The van der Waals surface area contributed by atoms with Crippen LogP contribution in [0.2, 0.25) is 0 Å². The molecule has 0 aliphatic heterocycles. The molecule has 0 saturated heterocycles. The van der Waals surface area contributed by atoms with Gasteiger partial charge in [0.15, 0.2) is 0 Å². The highest BCUT2D eigenvalue weighted by molar-refractivity contribution is 5.23. The first-order valence-corrected chi connectivity index (χ1v) is 7.88. The average Bonchev–Trinajstić information content (AvgIpc) is 2.36. The van der Waals surface area contributed by atoms with Crippen molar-refractivity contribution in [1.82, 2.24) is 5.43 Å². The smallest absolute Gasteiger partial charge is 0.0253 e. The average molecular weight is 276 g/mol. The fourth-order valence-corrected chi connectivity index (χ4v) is 3.02. The van der Waals surface area contributed by atoms with E-state index < -0.39 is 0 Å². The van der Waals surface area contributed by atoms with Crippen molar-refractivity contribution in [3.05, 3.63) is 35.4 Å². The molecule has 114 valence electrons. The maximum atomic E-state index is 5.74. The van der Waals surface area contributed by atoms with Gasteiger partial charge in [0, 0.05) is 6.04 Å². The van der Waals surface area contributed by atoms with Gasteiger partial charge in [-0.25, -0.2) is 0 Å². The van der Waals surface area contributed by atoms with E-state index in [0.29, 0.717) is 17.4 Å². The Morgan fingerprint density at radius 2 is 1.65 bits per heavy atom. The number of hydrogen-bond acceptors (Lipinski definition) is 2. The van der Waals surface area contributed by atoms with E-state index in [1.54, 1.807) is 0 Å². The molecule has 0 radical (unpaired) electrons. The summed E-state index contributed by atoms with van der Waals surface area (Å²) in [5.74, 6) is 6.42. The molecule has 0 amide bonds. The minimum atomic E-state index is 0.361. The number of rotatable bonds is 7. The predicted molar refractivity (Wildman–Crippen MR) is 88.5 cm³/mol. The molecule has 0 spiro atoms. The standard InChI is InChI=1S/C18H32N2/c1-6-15-7-9-16(10-8-15)12-17(20-19)11-14(2)13-18(3,4)5/h7-10,14,17,20H,6,11-13,19H2,1-5H3. The summed E-state index contributed by atoms with van der Waals surface area (Å²) in [4.78, 5) is 0. The zero-order valence-corrected chi connectivity index (χ0v) is 13.9. The second kappa shape index (κ2) is 7.80. The zero-order valence-electron chi connectivity index (χ0n) is 13.9. The fraction of sp³-hybridized carbons (Fsp3) is 0.667. The third kappa shape index (κ3) is 6.53. The van der Waals surface area contributed by atoms with Crippen LogP contribution in [0.25, 0.3) is 0 Å². The normalized spacial score (nSPS) is 15.1. The van der Waals surface area contributed by atoms with Crippen molar-refractivity contribution >= 4 is 0 Å². The van der Waals surface area contributed by atoms with Crippen molar-refractivity contribution in [2.24, 2.45) is 17.2 Å². The largest absolute Gasteiger partial charge is 0.271 e. The van der Waals surface area contributed by atoms with E-state index in [9.17, 15) is 0 Å². The summed E-state index contributed by atoms with van der Waals surface area (Å²) in [7, 11) is 0. The van der Waals surface area contributed by atoms with E-state index in [4.69, 9.17) is 5.84 Å². The molecule has 0 aliphatic carbocycles. The van der Waals surface area contributed by atoms with Crippen LogP contribution in [0.4, 0.5) is 0 Å². The summed E-state index contributed by atoms with van der Waals surface area (Å²) in [5.41, 5.74) is 6.15. The molecule has 0 bridgehead atoms. The lowest BCUT2D eigenvalue weighted by Crippen LogP contribution is -2.38. The minimum Gasteiger partial charge on any atom is -0.271 e. The van der Waals surface area contributed by atoms with E-state index in [1.807, 2.05) is 0 Å². The maximum Gasteiger partial charge on any atom is 0.0253 e. The second-order valence-electron chi connectivity index (χ2n) is 7.34. The molecule has 3 N–H and O–H groups in total. The highest BCUT2D eigenvalue weighted by atomic mass is 15.2. The maximum absolute atomic E-state index is 5.74. The van der Waals surface area contributed by atoms with E-state index in [1.165, 1.54) is 17.5 Å². The lowest BCUT2D eigenvalue weighted by atomic mass is 9.82. The zero-order chi connectivity index (χ0) is 15.2. The summed E-state index contributed by atoms with van der Waals surface area (Å²) < 4.78 is 0. The van der Waals surface area contributed by atoms with Crippen LogP contribution in [0, 0.1) is 11.3 Å². The van der Waals surface area contributed by atoms with Gasteiger partial charge >= 0.3 is 0 Å². The number of aryl methyl sites for hydroxylation is 1. The molecule has 1 aromatic rings. The molecule has 1 aromatic carbocycles. The van der Waals surface area contributed by atoms with Gasteiger partial charge in [-0.05, 0) is 48.1 Å². The Balaban J connectivity index is 2.53. The number of nitrogens with two attached hydrogens (primary N) is 1. The molecule has 2 nitrogen and oxygen atoms in total. The Bertz CT molecular complexity index is 375. The monoisotopic (exact) mass is 276 g/mol. The van der Waals surface area contributed by atoms with Gasteiger partial charge in [0.1, 0.15) is 0 Å². The molecule has 20 heavy (non-hydrogen) atoms. The second-order valence-corrected chi connectivity index (χ2v) is 7.34. The van der Waals surface area contributed by atoms with Crippen LogP contribution in [0.3, 0.4) is 0 Å². The van der Waals surface area contributed by atoms with E-state index in [2.05, 4.69) is 64.3 Å². The molecule has 0 fully saturated rings. The number of nitrogens with one attached hydrogen (secondary N) is 1. The van der Waals surface area contributed by atoms with Crippen LogP contribution >= 0.6 is 0 Å². The first-order valence-electron chi connectivity index (χ1n) is 7.88. The van der Waals surface area contributed by atoms with Crippen LogP contribution in [-0.2, 0) is 12.8 Å². The third-order valence-electron chi connectivity index (χ3n) is 3.80. The fourth-order valence-electron chi connectivity index (χ4n) is 3.02. The van der Waals surface area contributed by atoms with Gasteiger partial charge < -0.3 is 0 Å².